The molecule has 10 heteroatoms. The van der Waals surface area contributed by atoms with Crippen molar-refractivity contribution in [2.45, 2.75) is 24.8 Å². The third-order valence-electron chi connectivity index (χ3n) is 6.41. The van der Waals surface area contributed by atoms with E-state index in [1.54, 1.807) is 35.1 Å². The molecular weight excluding hydrogens is 463 g/mol. The van der Waals surface area contributed by atoms with Crippen LogP contribution in [0.1, 0.15) is 45.9 Å². The van der Waals surface area contributed by atoms with E-state index in [0.717, 1.165) is 23.8 Å². The van der Waals surface area contributed by atoms with Gasteiger partial charge < -0.3 is 20.5 Å². The molecule has 1 saturated heterocycles. The minimum Gasteiger partial charge on any atom is -0.494 e. The molecule has 3 N–H and O–H groups in total. The van der Waals surface area contributed by atoms with Crippen LogP contribution < -0.4 is 15.8 Å². The molecule has 0 radical (unpaired) electrons. The van der Waals surface area contributed by atoms with Gasteiger partial charge in [-0.2, -0.15) is 5.10 Å². The highest BCUT2D eigenvalue weighted by molar-refractivity contribution is 5.97. The van der Waals surface area contributed by atoms with Crippen molar-refractivity contribution in [3.8, 4) is 5.75 Å². The molecule has 0 bridgehead atoms. The minimum absolute atomic E-state index is 0.152. The van der Waals surface area contributed by atoms with Crippen molar-refractivity contribution in [2.75, 3.05) is 25.6 Å². The number of ether oxygens (including phenoxy) is 2. The van der Waals surface area contributed by atoms with Gasteiger partial charge in [-0.25, -0.2) is 14.4 Å². The van der Waals surface area contributed by atoms with Crippen LogP contribution in [0.15, 0.2) is 48.8 Å². The number of rotatable bonds is 7. The van der Waals surface area contributed by atoms with Gasteiger partial charge in [0, 0.05) is 49.0 Å². The van der Waals surface area contributed by atoms with Gasteiger partial charge in [0.1, 0.15) is 0 Å². The summed E-state index contributed by atoms with van der Waals surface area (Å²) in [5.74, 6) is -0.895. The molecule has 0 saturated carbocycles. The van der Waals surface area contributed by atoms with Crippen molar-refractivity contribution in [3.05, 3.63) is 77.0 Å². The first-order valence-corrected chi connectivity index (χ1v) is 11.7. The lowest BCUT2D eigenvalue weighted by atomic mass is 9.88. The summed E-state index contributed by atoms with van der Waals surface area (Å²) in [6.07, 6.45) is 5.27. The molecule has 0 aliphatic carbocycles. The number of benzene rings is 2. The monoisotopic (exact) mass is 490 g/mol. The Hall–Kier alpha value is -4.05. The zero-order chi connectivity index (χ0) is 25.2. The van der Waals surface area contributed by atoms with Crippen LogP contribution in [0.5, 0.6) is 5.75 Å². The van der Waals surface area contributed by atoms with E-state index in [1.165, 1.54) is 13.2 Å². The van der Waals surface area contributed by atoms with E-state index in [1.807, 2.05) is 19.3 Å². The number of anilines is 1. The van der Waals surface area contributed by atoms with E-state index >= 15 is 0 Å². The molecule has 4 aromatic rings. The second-order valence-electron chi connectivity index (χ2n) is 8.83. The molecule has 2 aromatic heterocycles. The number of hydrogen-bond acceptors (Lipinski definition) is 7. The van der Waals surface area contributed by atoms with Crippen molar-refractivity contribution >= 4 is 22.8 Å². The second kappa shape index (κ2) is 9.90. The van der Waals surface area contributed by atoms with Gasteiger partial charge in [-0.3, -0.25) is 9.48 Å². The Morgan fingerprint density at radius 3 is 2.67 bits per heavy atom. The van der Waals surface area contributed by atoms with Crippen molar-refractivity contribution in [1.29, 1.82) is 0 Å². The average molecular weight is 491 g/mol. The van der Waals surface area contributed by atoms with E-state index in [9.17, 15) is 9.18 Å². The molecule has 0 spiro atoms. The van der Waals surface area contributed by atoms with Gasteiger partial charge in [0.15, 0.2) is 11.6 Å². The van der Waals surface area contributed by atoms with Gasteiger partial charge in [-0.15, -0.1) is 0 Å². The highest BCUT2D eigenvalue weighted by atomic mass is 19.1. The lowest BCUT2D eigenvalue weighted by Gasteiger charge is -2.24. The maximum Gasteiger partial charge on any atom is 0.248 e. The molecule has 36 heavy (non-hydrogen) atoms. The molecule has 1 atom stereocenters. The summed E-state index contributed by atoms with van der Waals surface area (Å²) in [7, 11) is 3.25. The Labute approximate surface area is 207 Å². The maximum atomic E-state index is 14.8. The Morgan fingerprint density at radius 2 is 2.00 bits per heavy atom. The highest BCUT2D eigenvalue weighted by Gasteiger charge is 2.26. The van der Waals surface area contributed by atoms with Crippen LogP contribution in [-0.2, 0) is 11.8 Å². The summed E-state index contributed by atoms with van der Waals surface area (Å²) in [5, 5.41) is 8.49. The molecule has 9 nitrogen and oxygen atoms in total. The van der Waals surface area contributed by atoms with Crippen molar-refractivity contribution in [3.63, 3.8) is 0 Å². The SMILES string of the molecule is COc1ccc([C@H](c2cnn(C)c2)c2nc(NC3CCOCC3)nc3cc(C(N)=O)ccc23)cc1F. The smallest absolute Gasteiger partial charge is 0.248 e. The van der Waals surface area contributed by atoms with Gasteiger partial charge in [-0.1, -0.05) is 12.1 Å². The molecule has 2 aromatic carbocycles. The maximum absolute atomic E-state index is 14.8. The first-order valence-electron chi connectivity index (χ1n) is 11.7. The summed E-state index contributed by atoms with van der Waals surface area (Å²) >= 11 is 0. The Kier molecular flexibility index (Phi) is 6.51. The molecule has 186 valence electrons. The molecule has 0 unspecified atom stereocenters. The molecule has 5 rings (SSSR count). The molecule has 1 aliphatic heterocycles. The van der Waals surface area contributed by atoms with E-state index in [-0.39, 0.29) is 11.8 Å². The van der Waals surface area contributed by atoms with E-state index in [2.05, 4.69) is 10.4 Å². The fourth-order valence-corrected chi connectivity index (χ4v) is 4.58. The molecular formula is C26H27FN6O3. The number of hydrogen-bond donors (Lipinski definition) is 2. The largest absolute Gasteiger partial charge is 0.494 e. The third kappa shape index (κ3) is 4.72. The average Bonchev–Trinajstić information content (AvgIpc) is 3.30. The van der Waals surface area contributed by atoms with Crippen LogP contribution in [0.25, 0.3) is 10.9 Å². The predicted molar refractivity (Wildman–Crippen MR) is 133 cm³/mol. The number of nitrogens with two attached hydrogens (primary N) is 1. The molecule has 1 amide bonds. The number of methoxy groups -OCH3 is 1. The normalized spacial score (nSPS) is 15.1. The van der Waals surface area contributed by atoms with E-state index < -0.39 is 17.6 Å². The number of aryl methyl sites for hydroxylation is 1. The lowest BCUT2D eigenvalue weighted by molar-refractivity contribution is 0.0903. The van der Waals surface area contributed by atoms with Gasteiger partial charge in [0.05, 0.1) is 30.4 Å². The van der Waals surface area contributed by atoms with E-state index in [0.29, 0.717) is 41.5 Å². The summed E-state index contributed by atoms with van der Waals surface area (Å²) in [6, 6.07) is 10.1. The van der Waals surface area contributed by atoms with Crippen LogP contribution in [0.3, 0.4) is 0 Å². The van der Waals surface area contributed by atoms with Crippen LogP contribution in [0, 0.1) is 5.82 Å². The minimum atomic E-state index is -0.544. The van der Waals surface area contributed by atoms with Crippen LogP contribution in [0.2, 0.25) is 0 Å². The number of carbonyl (C=O) groups excluding carboxylic acids is 1. The van der Waals surface area contributed by atoms with Gasteiger partial charge in [0.2, 0.25) is 11.9 Å². The summed E-state index contributed by atoms with van der Waals surface area (Å²) < 4.78 is 27.1. The van der Waals surface area contributed by atoms with Crippen LogP contribution in [-0.4, -0.2) is 52.0 Å². The number of aromatic nitrogens is 4. The summed E-state index contributed by atoms with van der Waals surface area (Å²) in [4.78, 5) is 21.5. The lowest BCUT2D eigenvalue weighted by Crippen LogP contribution is -2.29. The topological polar surface area (TPSA) is 117 Å². The summed E-state index contributed by atoms with van der Waals surface area (Å²) in [5.41, 5.74) is 8.62. The standard InChI is InChI=1S/C26H27FN6O3/c1-33-14-17(13-29-33)23(15-4-6-22(35-2)20(27)11-15)24-19-5-3-16(25(28)34)12-21(19)31-26(32-24)30-18-7-9-36-10-8-18/h3-6,11-14,18,23H,7-10H2,1-2H3,(H2,28,34)(H,30,31,32)/t23-/m1/s1. The van der Waals surface area contributed by atoms with Crippen LogP contribution >= 0.6 is 0 Å². The Balaban J connectivity index is 1.71. The second-order valence-corrected chi connectivity index (χ2v) is 8.83. The first kappa shape index (κ1) is 23.7. The van der Waals surface area contributed by atoms with Crippen molar-refractivity contribution in [2.24, 2.45) is 12.8 Å². The fourth-order valence-electron chi connectivity index (χ4n) is 4.58. The Bertz CT molecular complexity index is 1420. The fraction of sp³-hybridized carbons (Fsp3) is 0.308. The number of nitrogens with zero attached hydrogens (tertiary/aromatic N) is 4. The zero-order valence-corrected chi connectivity index (χ0v) is 20.1. The summed E-state index contributed by atoms with van der Waals surface area (Å²) in [6.45, 7) is 1.32. The quantitative estimate of drug-likeness (QED) is 0.408. The first-order chi connectivity index (χ1) is 17.4. The van der Waals surface area contributed by atoms with Crippen LogP contribution in [0.4, 0.5) is 10.3 Å². The van der Waals surface area contributed by atoms with E-state index in [4.69, 9.17) is 25.2 Å². The number of nitrogens with one attached hydrogen (secondary N) is 1. The number of primary amides is 1. The number of carbonyl (C=O) groups is 1. The predicted octanol–water partition coefficient (Wildman–Crippen LogP) is 3.38. The van der Waals surface area contributed by atoms with Gasteiger partial charge >= 0.3 is 0 Å². The van der Waals surface area contributed by atoms with Gasteiger partial charge in [0.25, 0.3) is 0 Å². The molecule has 1 fully saturated rings. The molecule has 3 heterocycles. The van der Waals surface area contributed by atoms with Gasteiger partial charge in [-0.05, 0) is 42.7 Å². The number of amides is 1. The Morgan fingerprint density at radius 1 is 1.19 bits per heavy atom. The third-order valence-corrected chi connectivity index (χ3v) is 6.41. The van der Waals surface area contributed by atoms with Crippen molar-refractivity contribution in [1.82, 2.24) is 19.7 Å². The molecule has 1 aliphatic rings. The zero-order valence-electron chi connectivity index (χ0n) is 20.1. The van der Waals surface area contributed by atoms with Crippen molar-refractivity contribution < 1.29 is 18.7 Å². The number of halogens is 1. The number of fused-ring (bicyclic) bond motifs is 1. The highest BCUT2D eigenvalue weighted by Crippen LogP contribution is 2.37.